The van der Waals surface area contributed by atoms with Crippen LogP contribution in [0.1, 0.15) is 5.56 Å². The van der Waals surface area contributed by atoms with Crippen molar-refractivity contribution >= 4 is 29.1 Å². The maximum absolute atomic E-state index is 13.5. The van der Waals surface area contributed by atoms with Crippen LogP contribution in [0.3, 0.4) is 0 Å². The van der Waals surface area contributed by atoms with Gasteiger partial charge in [-0.05, 0) is 37.3 Å². The summed E-state index contributed by atoms with van der Waals surface area (Å²) in [5, 5.41) is 11.6. The largest absolute Gasteiger partial charge is 0.324 e. The van der Waals surface area contributed by atoms with Gasteiger partial charge in [0, 0.05) is 5.69 Å². The lowest BCUT2D eigenvalue weighted by atomic mass is 10.1. The molecule has 8 nitrogen and oxygen atoms in total. The van der Waals surface area contributed by atoms with Crippen LogP contribution in [-0.4, -0.2) is 41.4 Å². The van der Waals surface area contributed by atoms with Crippen LogP contribution in [0.5, 0.6) is 0 Å². The number of hydrogen-bond donors (Lipinski definition) is 1. The molecule has 1 saturated heterocycles. The van der Waals surface area contributed by atoms with Crippen molar-refractivity contribution in [2.24, 2.45) is 10.3 Å². The van der Waals surface area contributed by atoms with Crippen molar-refractivity contribution in [1.82, 2.24) is 5.01 Å². The number of anilines is 2. The van der Waals surface area contributed by atoms with E-state index in [9.17, 15) is 18.8 Å². The molecule has 0 saturated carbocycles. The van der Waals surface area contributed by atoms with Crippen molar-refractivity contribution in [1.29, 1.82) is 0 Å². The number of hydrogen-bond acceptors (Lipinski definition) is 6. The molecule has 0 aliphatic carbocycles. The molecule has 142 valence electrons. The summed E-state index contributed by atoms with van der Waals surface area (Å²) in [7, 11) is 0. The molecular formula is C19H16FN5O3. The van der Waals surface area contributed by atoms with Crippen LogP contribution >= 0.6 is 0 Å². The maximum Gasteiger partial charge on any atom is 0.263 e. The van der Waals surface area contributed by atoms with Gasteiger partial charge in [0.1, 0.15) is 12.4 Å². The van der Waals surface area contributed by atoms with Gasteiger partial charge >= 0.3 is 0 Å². The first-order valence-electron chi connectivity index (χ1n) is 8.61. The minimum atomic E-state index is -1.04. The minimum absolute atomic E-state index is 0.128. The van der Waals surface area contributed by atoms with Crippen LogP contribution in [0.4, 0.5) is 15.8 Å². The molecule has 2 aliphatic rings. The van der Waals surface area contributed by atoms with E-state index in [2.05, 4.69) is 15.7 Å². The van der Waals surface area contributed by atoms with E-state index in [1.807, 2.05) is 19.1 Å². The maximum atomic E-state index is 13.5. The number of aryl methyl sites for hydroxylation is 1. The number of carbonyl (C=O) groups excluding carboxylic acids is 3. The number of amides is 3. The van der Waals surface area contributed by atoms with Crippen LogP contribution in [0.15, 0.2) is 58.9 Å². The Labute approximate surface area is 159 Å². The second-order valence-electron chi connectivity index (χ2n) is 6.60. The third kappa shape index (κ3) is 3.11. The van der Waals surface area contributed by atoms with Gasteiger partial charge in [-0.25, -0.2) is 9.29 Å². The van der Waals surface area contributed by atoms with E-state index >= 15 is 0 Å². The molecule has 0 radical (unpaired) electrons. The number of halogens is 1. The molecule has 4 rings (SSSR count). The minimum Gasteiger partial charge on any atom is -0.324 e. The normalized spacial score (nSPS) is 20.6. The summed E-state index contributed by atoms with van der Waals surface area (Å²) >= 11 is 0. The first-order chi connectivity index (χ1) is 13.4. The Balaban J connectivity index is 1.49. The summed E-state index contributed by atoms with van der Waals surface area (Å²) in [6, 6.07) is 10.4. The van der Waals surface area contributed by atoms with Crippen LogP contribution in [-0.2, 0) is 14.4 Å². The Bertz CT molecular complexity index is 991. The predicted molar refractivity (Wildman–Crippen MR) is 97.8 cm³/mol. The zero-order valence-corrected chi connectivity index (χ0v) is 14.9. The van der Waals surface area contributed by atoms with Crippen LogP contribution in [0, 0.1) is 12.7 Å². The lowest BCUT2D eigenvalue weighted by Crippen LogP contribution is -2.43. The summed E-state index contributed by atoms with van der Waals surface area (Å²) in [5.41, 5.74) is 1.80. The Hall–Kier alpha value is -3.62. The van der Waals surface area contributed by atoms with Crippen LogP contribution in [0.25, 0.3) is 0 Å². The predicted octanol–water partition coefficient (Wildman–Crippen LogP) is 2.07. The Morgan fingerprint density at radius 1 is 1.14 bits per heavy atom. The lowest BCUT2D eigenvalue weighted by Gasteiger charge is -2.20. The van der Waals surface area contributed by atoms with Gasteiger partial charge in [0.2, 0.25) is 5.91 Å². The molecule has 9 heteroatoms. The number of imide groups is 1. The molecule has 0 spiro atoms. The van der Waals surface area contributed by atoms with Gasteiger partial charge in [-0.3, -0.25) is 19.4 Å². The van der Waals surface area contributed by atoms with E-state index in [4.69, 9.17) is 0 Å². The standard InChI is InChI=1S/C19H16FN5O3/c1-11-5-7-13(8-6-11)21-15(26)10-24-17-16(22-23-24)18(27)25(19(17)28)14-4-2-3-12(20)9-14/h2-9,16-17H,10H2,1H3,(H,21,26)/t16-,17+/m1/s1. The van der Waals surface area contributed by atoms with Gasteiger partial charge in [0.25, 0.3) is 11.8 Å². The third-order valence-electron chi connectivity index (χ3n) is 4.57. The second-order valence-corrected chi connectivity index (χ2v) is 6.60. The van der Waals surface area contributed by atoms with Gasteiger partial charge in [-0.15, -0.1) is 0 Å². The Morgan fingerprint density at radius 3 is 2.61 bits per heavy atom. The number of benzene rings is 2. The average Bonchev–Trinajstić information content (AvgIpc) is 3.17. The second kappa shape index (κ2) is 6.84. The molecule has 2 aromatic carbocycles. The van der Waals surface area contributed by atoms with E-state index < -0.39 is 35.6 Å². The number of fused-ring (bicyclic) bond motifs is 1. The van der Waals surface area contributed by atoms with Gasteiger partial charge < -0.3 is 5.32 Å². The molecule has 28 heavy (non-hydrogen) atoms. The van der Waals surface area contributed by atoms with Gasteiger partial charge in [0.05, 0.1) is 5.69 Å². The average molecular weight is 381 g/mol. The smallest absolute Gasteiger partial charge is 0.263 e. The van der Waals surface area contributed by atoms with Crippen molar-refractivity contribution in [3.8, 4) is 0 Å². The van der Waals surface area contributed by atoms with E-state index in [1.165, 1.54) is 23.2 Å². The molecule has 0 aromatic heterocycles. The number of carbonyl (C=O) groups is 3. The fourth-order valence-electron chi connectivity index (χ4n) is 3.21. The van der Waals surface area contributed by atoms with Crippen molar-refractivity contribution in [3.63, 3.8) is 0 Å². The molecule has 3 amide bonds. The molecule has 0 unspecified atom stereocenters. The van der Waals surface area contributed by atoms with Crippen molar-refractivity contribution in [2.75, 3.05) is 16.8 Å². The van der Waals surface area contributed by atoms with Crippen molar-refractivity contribution in [3.05, 3.63) is 59.9 Å². The van der Waals surface area contributed by atoms with Crippen LogP contribution in [0.2, 0.25) is 0 Å². The number of nitrogens with zero attached hydrogens (tertiary/aromatic N) is 4. The molecular weight excluding hydrogens is 365 g/mol. The highest BCUT2D eigenvalue weighted by Crippen LogP contribution is 2.31. The van der Waals surface area contributed by atoms with E-state index in [0.29, 0.717) is 5.69 Å². The summed E-state index contributed by atoms with van der Waals surface area (Å²) in [5.74, 6) is -2.14. The van der Waals surface area contributed by atoms with E-state index in [-0.39, 0.29) is 12.2 Å². The fourth-order valence-corrected chi connectivity index (χ4v) is 3.21. The lowest BCUT2D eigenvalue weighted by molar-refractivity contribution is -0.123. The molecule has 2 heterocycles. The Kier molecular flexibility index (Phi) is 4.34. The van der Waals surface area contributed by atoms with Gasteiger partial charge in [-0.2, -0.15) is 5.11 Å². The topological polar surface area (TPSA) is 94.4 Å². The highest BCUT2D eigenvalue weighted by Gasteiger charge is 2.55. The quantitative estimate of drug-likeness (QED) is 0.821. The molecule has 1 N–H and O–H groups in total. The van der Waals surface area contributed by atoms with Gasteiger partial charge in [0.15, 0.2) is 12.1 Å². The molecule has 1 fully saturated rings. The van der Waals surface area contributed by atoms with Crippen LogP contribution < -0.4 is 10.2 Å². The fraction of sp³-hybridized carbons (Fsp3) is 0.211. The zero-order chi connectivity index (χ0) is 19.8. The third-order valence-corrected chi connectivity index (χ3v) is 4.57. The molecule has 0 bridgehead atoms. The van der Waals surface area contributed by atoms with Gasteiger partial charge in [-0.1, -0.05) is 29.0 Å². The summed E-state index contributed by atoms with van der Waals surface area (Å²) < 4.78 is 13.5. The summed E-state index contributed by atoms with van der Waals surface area (Å²) in [6.07, 6.45) is 0. The first-order valence-corrected chi connectivity index (χ1v) is 8.61. The molecule has 2 atom stereocenters. The highest BCUT2D eigenvalue weighted by molar-refractivity contribution is 6.25. The van der Waals surface area contributed by atoms with E-state index in [1.54, 1.807) is 12.1 Å². The van der Waals surface area contributed by atoms with Crippen molar-refractivity contribution in [2.45, 2.75) is 19.0 Å². The zero-order valence-electron chi connectivity index (χ0n) is 14.9. The number of nitrogens with one attached hydrogen (secondary N) is 1. The SMILES string of the molecule is Cc1ccc(NC(=O)CN2N=N[C@H]3C(=O)N(c4cccc(F)c4)C(=O)[C@H]32)cc1. The Morgan fingerprint density at radius 2 is 1.89 bits per heavy atom. The number of rotatable bonds is 4. The first kappa shape index (κ1) is 17.8. The van der Waals surface area contributed by atoms with E-state index in [0.717, 1.165) is 16.5 Å². The summed E-state index contributed by atoms with van der Waals surface area (Å²) in [6.45, 7) is 1.69. The summed E-state index contributed by atoms with van der Waals surface area (Å²) in [4.78, 5) is 38.6. The monoisotopic (exact) mass is 381 g/mol. The highest BCUT2D eigenvalue weighted by atomic mass is 19.1. The molecule has 2 aromatic rings. The molecule has 2 aliphatic heterocycles. The van der Waals surface area contributed by atoms with Crippen molar-refractivity contribution < 1.29 is 18.8 Å².